The van der Waals surface area contributed by atoms with Crippen molar-refractivity contribution in [1.29, 1.82) is 0 Å². The van der Waals surface area contributed by atoms with Crippen molar-refractivity contribution in [2.45, 2.75) is 4.90 Å². The molecule has 3 aromatic rings. The lowest BCUT2D eigenvalue weighted by Crippen LogP contribution is -2.13. The number of amides is 1. The molecule has 1 amide bonds. The number of sulfone groups is 1. The van der Waals surface area contributed by atoms with Crippen LogP contribution in [0.25, 0.3) is 5.69 Å². The summed E-state index contributed by atoms with van der Waals surface area (Å²) in [6.07, 6.45) is 4.05. The number of hydrogen-bond acceptors (Lipinski definition) is 5. The SMILES string of the molecule is CS(=O)(=O)c1ccc(Cl)c(C(=O)Nc2ccc(-n3cncn3)cc2)c1. The van der Waals surface area contributed by atoms with Gasteiger partial charge in [-0.3, -0.25) is 4.79 Å². The Bertz CT molecular complexity index is 1020. The van der Waals surface area contributed by atoms with E-state index in [1.165, 1.54) is 24.5 Å². The monoisotopic (exact) mass is 376 g/mol. The molecule has 0 radical (unpaired) electrons. The van der Waals surface area contributed by atoms with E-state index < -0.39 is 15.7 Å². The molecule has 0 aliphatic rings. The van der Waals surface area contributed by atoms with Gasteiger partial charge in [0.2, 0.25) is 0 Å². The number of halogens is 1. The van der Waals surface area contributed by atoms with Crippen LogP contribution in [0, 0.1) is 0 Å². The summed E-state index contributed by atoms with van der Waals surface area (Å²) in [5, 5.41) is 6.87. The highest BCUT2D eigenvalue weighted by molar-refractivity contribution is 7.90. The van der Waals surface area contributed by atoms with Crippen LogP contribution in [-0.2, 0) is 9.84 Å². The fourth-order valence-electron chi connectivity index (χ4n) is 2.15. The topological polar surface area (TPSA) is 94.0 Å². The number of carbonyl (C=O) groups is 1. The number of nitrogens with zero attached hydrogens (tertiary/aromatic N) is 3. The molecule has 0 unspecified atom stereocenters. The van der Waals surface area contributed by atoms with Crippen molar-refractivity contribution in [2.24, 2.45) is 0 Å². The number of nitrogens with one attached hydrogen (secondary N) is 1. The summed E-state index contributed by atoms with van der Waals surface area (Å²) in [6, 6.07) is 10.9. The minimum Gasteiger partial charge on any atom is -0.322 e. The third-order valence-corrected chi connectivity index (χ3v) is 4.86. The zero-order chi connectivity index (χ0) is 18.0. The maximum Gasteiger partial charge on any atom is 0.257 e. The molecule has 1 heterocycles. The fraction of sp³-hybridized carbons (Fsp3) is 0.0625. The van der Waals surface area contributed by atoms with Crippen molar-refractivity contribution in [1.82, 2.24) is 14.8 Å². The molecular weight excluding hydrogens is 364 g/mol. The van der Waals surface area contributed by atoms with Crippen LogP contribution >= 0.6 is 11.6 Å². The van der Waals surface area contributed by atoms with Gasteiger partial charge < -0.3 is 5.32 Å². The summed E-state index contributed by atoms with van der Waals surface area (Å²) < 4.78 is 24.9. The highest BCUT2D eigenvalue weighted by atomic mass is 35.5. The summed E-state index contributed by atoms with van der Waals surface area (Å²) in [5.41, 5.74) is 1.41. The molecule has 1 aromatic heterocycles. The lowest BCUT2D eigenvalue weighted by atomic mass is 10.2. The Labute approximate surface area is 149 Å². The third-order valence-electron chi connectivity index (χ3n) is 3.42. The van der Waals surface area contributed by atoms with Crippen LogP contribution in [-0.4, -0.2) is 35.3 Å². The quantitative estimate of drug-likeness (QED) is 0.755. The summed E-state index contributed by atoms with van der Waals surface area (Å²) >= 11 is 6.03. The lowest BCUT2D eigenvalue weighted by molar-refractivity contribution is 0.102. The van der Waals surface area contributed by atoms with Crippen LogP contribution in [0.1, 0.15) is 10.4 Å². The van der Waals surface area contributed by atoms with Gasteiger partial charge in [-0.05, 0) is 42.5 Å². The van der Waals surface area contributed by atoms with Gasteiger partial charge in [-0.1, -0.05) is 11.6 Å². The fourth-order valence-corrected chi connectivity index (χ4v) is 3.00. The first-order chi connectivity index (χ1) is 11.8. The smallest absolute Gasteiger partial charge is 0.257 e. The van der Waals surface area contributed by atoms with Gasteiger partial charge in [0.1, 0.15) is 12.7 Å². The maximum absolute atomic E-state index is 12.4. The van der Waals surface area contributed by atoms with E-state index in [0.29, 0.717) is 5.69 Å². The number of hydrogen-bond donors (Lipinski definition) is 1. The molecule has 1 N–H and O–H groups in total. The molecule has 0 saturated carbocycles. The van der Waals surface area contributed by atoms with Crippen molar-refractivity contribution in [2.75, 3.05) is 11.6 Å². The van der Waals surface area contributed by atoms with Crippen LogP contribution in [0.4, 0.5) is 5.69 Å². The molecule has 25 heavy (non-hydrogen) atoms. The number of rotatable bonds is 4. The van der Waals surface area contributed by atoms with Crippen molar-refractivity contribution in [3.63, 3.8) is 0 Å². The highest BCUT2D eigenvalue weighted by Crippen LogP contribution is 2.22. The van der Waals surface area contributed by atoms with Gasteiger partial charge in [0.25, 0.3) is 5.91 Å². The van der Waals surface area contributed by atoms with Crippen LogP contribution in [0.3, 0.4) is 0 Å². The molecule has 0 spiro atoms. The van der Waals surface area contributed by atoms with Crippen LogP contribution in [0.5, 0.6) is 0 Å². The van der Waals surface area contributed by atoms with E-state index in [0.717, 1.165) is 11.9 Å². The Hall–Kier alpha value is -2.71. The standard InChI is InChI=1S/C16H13ClN4O3S/c1-25(23,24)13-6-7-15(17)14(8-13)16(22)20-11-2-4-12(5-3-11)21-10-18-9-19-21/h2-10H,1H3,(H,20,22). The Balaban J connectivity index is 1.83. The normalized spacial score (nSPS) is 11.3. The summed E-state index contributed by atoms with van der Waals surface area (Å²) in [5.74, 6) is -0.496. The van der Waals surface area contributed by atoms with Gasteiger partial charge in [0.15, 0.2) is 9.84 Å². The molecule has 0 aliphatic heterocycles. The number of anilines is 1. The molecule has 7 nitrogen and oxygen atoms in total. The Morgan fingerprint density at radius 3 is 2.48 bits per heavy atom. The van der Waals surface area contributed by atoms with Gasteiger partial charge in [-0.25, -0.2) is 18.1 Å². The van der Waals surface area contributed by atoms with Gasteiger partial charge in [-0.15, -0.1) is 0 Å². The highest BCUT2D eigenvalue weighted by Gasteiger charge is 2.15. The predicted molar refractivity (Wildman–Crippen MR) is 93.9 cm³/mol. The van der Waals surface area contributed by atoms with Gasteiger partial charge >= 0.3 is 0 Å². The number of benzene rings is 2. The first-order valence-corrected chi connectivity index (χ1v) is 9.37. The van der Waals surface area contributed by atoms with Crippen molar-refractivity contribution in [3.05, 3.63) is 65.7 Å². The van der Waals surface area contributed by atoms with E-state index in [-0.39, 0.29) is 15.5 Å². The summed E-state index contributed by atoms with van der Waals surface area (Å²) in [6.45, 7) is 0. The van der Waals surface area contributed by atoms with Crippen molar-refractivity contribution >= 4 is 33.0 Å². The first-order valence-electron chi connectivity index (χ1n) is 7.10. The largest absolute Gasteiger partial charge is 0.322 e. The van der Waals surface area contributed by atoms with E-state index >= 15 is 0 Å². The average molecular weight is 377 g/mol. The Kier molecular flexibility index (Phi) is 4.56. The Morgan fingerprint density at radius 1 is 1.16 bits per heavy atom. The molecule has 0 aliphatic carbocycles. The van der Waals surface area contributed by atoms with E-state index in [2.05, 4.69) is 15.4 Å². The molecule has 3 rings (SSSR count). The molecular formula is C16H13ClN4O3S. The minimum absolute atomic E-state index is 0.0311. The lowest BCUT2D eigenvalue weighted by Gasteiger charge is -2.09. The molecule has 9 heteroatoms. The Morgan fingerprint density at radius 2 is 1.88 bits per heavy atom. The zero-order valence-corrected chi connectivity index (χ0v) is 14.6. The summed E-state index contributed by atoms with van der Waals surface area (Å²) in [7, 11) is -3.43. The molecule has 0 saturated heterocycles. The molecule has 0 atom stereocenters. The second-order valence-electron chi connectivity index (χ2n) is 5.25. The van der Waals surface area contributed by atoms with E-state index in [9.17, 15) is 13.2 Å². The molecule has 128 valence electrons. The van der Waals surface area contributed by atoms with Gasteiger partial charge in [-0.2, -0.15) is 5.10 Å². The average Bonchev–Trinajstić information content (AvgIpc) is 3.09. The van der Waals surface area contributed by atoms with Gasteiger partial charge in [0, 0.05) is 11.9 Å². The van der Waals surface area contributed by atoms with Crippen molar-refractivity contribution < 1.29 is 13.2 Å². The molecule has 0 fully saturated rings. The van der Waals surface area contributed by atoms with E-state index in [4.69, 9.17) is 11.6 Å². The predicted octanol–water partition coefficient (Wildman–Crippen LogP) is 2.58. The molecule has 0 bridgehead atoms. The summed E-state index contributed by atoms with van der Waals surface area (Å²) in [4.78, 5) is 16.3. The maximum atomic E-state index is 12.4. The van der Waals surface area contributed by atoms with E-state index in [1.54, 1.807) is 35.3 Å². The van der Waals surface area contributed by atoms with Crippen LogP contribution in [0.2, 0.25) is 5.02 Å². The zero-order valence-electron chi connectivity index (χ0n) is 13.0. The second kappa shape index (κ2) is 6.66. The first kappa shape index (κ1) is 17.1. The van der Waals surface area contributed by atoms with Crippen LogP contribution < -0.4 is 5.32 Å². The van der Waals surface area contributed by atoms with Crippen molar-refractivity contribution in [3.8, 4) is 5.69 Å². The number of aromatic nitrogens is 3. The number of carbonyl (C=O) groups excluding carboxylic acids is 1. The van der Waals surface area contributed by atoms with Gasteiger partial charge in [0.05, 0.1) is 21.2 Å². The van der Waals surface area contributed by atoms with E-state index in [1.807, 2.05) is 0 Å². The molecule has 2 aromatic carbocycles. The second-order valence-corrected chi connectivity index (χ2v) is 7.68. The van der Waals surface area contributed by atoms with Crippen LogP contribution in [0.15, 0.2) is 60.0 Å². The minimum atomic E-state index is -3.43. The third kappa shape index (κ3) is 3.86.